The summed E-state index contributed by atoms with van der Waals surface area (Å²) in [6.07, 6.45) is 16.9. The quantitative estimate of drug-likeness (QED) is 0.319. The standard InChI is InChI=1S/C29H42O/c1-4-6-7-8-9-10-19-30-29-18-17-27-21-26(15-16-28(27)22-29)25-13-11-24(12-14-25)20-23(3)5-2/h13,15-18,21-24H,4-12,14,19-20H2,1-3H3. The molecule has 0 heterocycles. The molecule has 0 amide bonds. The van der Waals surface area contributed by atoms with E-state index in [0.29, 0.717) is 0 Å². The number of fused-ring (bicyclic) bond motifs is 1. The molecule has 2 aromatic rings. The average Bonchev–Trinajstić information content (AvgIpc) is 2.78. The first-order valence-corrected chi connectivity index (χ1v) is 12.6. The van der Waals surface area contributed by atoms with Crippen LogP contribution in [-0.4, -0.2) is 6.61 Å². The first-order valence-electron chi connectivity index (χ1n) is 12.6. The van der Waals surface area contributed by atoms with Gasteiger partial charge in [-0.05, 0) is 84.0 Å². The molecule has 2 aromatic carbocycles. The van der Waals surface area contributed by atoms with Gasteiger partial charge in [0.1, 0.15) is 5.75 Å². The summed E-state index contributed by atoms with van der Waals surface area (Å²) in [4.78, 5) is 0. The van der Waals surface area contributed by atoms with E-state index in [1.54, 1.807) is 5.57 Å². The van der Waals surface area contributed by atoms with E-state index in [9.17, 15) is 0 Å². The molecule has 0 bridgehead atoms. The van der Waals surface area contributed by atoms with Crippen LogP contribution in [0.25, 0.3) is 16.3 Å². The lowest BCUT2D eigenvalue weighted by Crippen LogP contribution is -2.09. The third kappa shape index (κ3) is 6.89. The van der Waals surface area contributed by atoms with Crippen LogP contribution in [0, 0.1) is 11.8 Å². The molecule has 0 aliphatic heterocycles. The van der Waals surface area contributed by atoms with Gasteiger partial charge in [-0.1, -0.05) is 83.6 Å². The van der Waals surface area contributed by atoms with E-state index in [2.05, 4.69) is 63.2 Å². The summed E-state index contributed by atoms with van der Waals surface area (Å²) in [5, 5.41) is 2.60. The van der Waals surface area contributed by atoms with Crippen LogP contribution >= 0.6 is 0 Å². The van der Waals surface area contributed by atoms with Gasteiger partial charge in [-0.25, -0.2) is 0 Å². The Hall–Kier alpha value is -1.76. The minimum Gasteiger partial charge on any atom is -0.494 e. The fourth-order valence-electron chi connectivity index (χ4n) is 4.69. The van der Waals surface area contributed by atoms with Crippen molar-refractivity contribution in [2.24, 2.45) is 11.8 Å². The van der Waals surface area contributed by atoms with Crippen molar-refractivity contribution in [3.05, 3.63) is 48.0 Å². The topological polar surface area (TPSA) is 9.23 Å². The van der Waals surface area contributed by atoms with Crippen LogP contribution in [0.1, 0.15) is 97.0 Å². The van der Waals surface area contributed by atoms with Crippen LogP contribution in [-0.2, 0) is 0 Å². The van der Waals surface area contributed by atoms with Crippen molar-refractivity contribution in [1.29, 1.82) is 0 Å². The largest absolute Gasteiger partial charge is 0.494 e. The van der Waals surface area contributed by atoms with E-state index in [1.807, 2.05) is 0 Å². The summed E-state index contributed by atoms with van der Waals surface area (Å²) < 4.78 is 6.01. The van der Waals surface area contributed by atoms with Crippen molar-refractivity contribution >= 4 is 16.3 Å². The second kappa shape index (κ2) is 12.2. The maximum Gasteiger partial charge on any atom is 0.119 e. The van der Waals surface area contributed by atoms with E-state index >= 15 is 0 Å². The normalized spacial score (nSPS) is 17.7. The summed E-state index contributed by atoms with van der Waals surface area (Å²) in [6, 6.07) is 13.5. The van der Waals surface area contributed by atoms with Crippen molar-refractivity contribution in [3.63, 3.8) is 0 Å². The SMILES string of the molecule is CCCCCCCCOc1ccc2cc(C3=CCC(CC(C)CC)CC3)ccc2c1. The van der Waals surface area contributed by atoms with E-state index in [0.717, 1.165) is 30.6 Å². The molecule has 3 rings (SSSR count). The highest BCUT2D eigenvalue weighted by atomic mass is 16.5. The van der Waals surface area contributed by atoms with Crippen LogP contribution in [0.15, 0.2) is 42.5 Å². The monoisotopic (exact) mass is 406 g/mol. The predicted octanol–water partition coefficient (Wildman–Crippen LogP) is 9.20. The first-order chi connectivity index (χ1) is 14.7. The zero-order valence-electron chi connectivity index (χ0n) is 19.6. The summed E-state index contributed by atoms with van der Waals surface area (Å²) in [6.45, 7) is 7.81. The summed E-state index contributed by atoms with van der Waals surface area (Å²) in [5.41, 5.74) is 2.95. The van der Waals surface area contributed by atoms with Gasteiger partial charge in [0.15, 0.2) is 0 Å². The Bertz CT molecular complexity index is 803. The van der Waals surface area contributed by atoms with Gasteiger partial charge in [0, 0.05) is 0 Å². The lowest BCUT2D eigenvalue weighted by atomic mass is 9.81. The van der Waals surface area contributed by atoms with Gasteiger partial charge in [0.05, 0.1) is 6.61 Å². The Balaban J connectivity index is 1.53. The fraction of sp³-hybridized carbons (Fsp3) is 0.586. The number of allylic oxidation sites excluding steroid dienone is 2. The minimum atomic E-state index is 0.834. The minimum absolute atomic E-state index is 0.834. The van der Waals surface area contributed by atoms with Crippen molar-refractivity contribution < 1.29 is 4.74 Å². The smallest absolute Gasteiger partial charge is 0.119 e. The van der Waals surface area contributed by atoms with Gasteiger partial charge in [-0.15, -0.1) is 0 Å². The Kier molecular flexibility index (Phi) is 9.30. The summed E-state index contributed by atoms with van der Waals surface area (Å²) >= 11 is 0. The molecule has 0 saturated carbocycles. The third-order valence-electron chi connectivity index (χ3n) is 6.90. The second-order valence-electron chi connectivity index (χ2n) is 9.46. The highest BCUT2D eigenvalue weighted by Gasteiger charge is 2.17. The summed E-state index contributed by atoms with van der Waals surface area (Å²) in [7, 11) is 0. The van der Waals surface area contributed by atoms with Gasteiger partial charge in [0.2, 0.25) is 0 Å². The number of benzene rings is 2. The maximum atomic E-state index is 6.01. The number of hydrogen-bond donors (Lipinski definition) is 0. The molecule has 2 atom stereocenters. The number of hydrogen-bond acceptors (Lipinski definition) is 1. The molecule has 1 nitrogen and oxygen atoms in total. The molecule has 0 radical (unpaired) electrons. The van der Waals surface area contributed by atoms with Crippen molar-refractivity contribution in [2.75, 3.05) is 6.61 Å². The van der Waals surface area contributed by atoms with Gasteiger partial charge in [-0.3, -0.25) is 0 Å². The van der Waals surface area contributed by atoms with Gasteiger partial charge in [0.25, 0.3) is 0 Å². The second-order valence-corrected chi connectivity index (χ2v) is 9.46. The number of rotatable bonds is 12. The third-order valence-corrected chi connectivity index (χ3v) is 6.90. The van der Waals surface area contributed by atoms with Gasteiger partial charge >= 0.3 is 0 Å². The van der Waals surface area contributed by atoms with Crippen LogP contribution in [0.3, 0.4) is 0 Å². The predicted molar refractivity (Wildman–Crippen MR) is 132 cm³/mol. The van der Waals surface area contributed by atoms with Crippen molar-refractivity contribution in [1.82, 2.24) is 0 Å². The van der Waals surface area contributed by atoms with Crippen LogP contribution < -0.4 is 4.74 Å². The Morgan fingerprint density at radius 1 is 0.933 bits per heavy atom. The molecule has 1 aliphatic carbocycles. The molecule has 164 valence electrons. The highest BCUT2D eigenvalue weighted by Crippen LogP contribution is 2.35. The molecule has 0 saturated heterocycles. The molecule has 2 unspecified atom stereocenters. The molecule has 0 spiro atoms. The molecule has 0 N–H and O–H groups in total. The van der Waals surface area contributed by atoms with E-state index < -0.39 is 0 Å². The maximum absolute atomic E-state index is 6.01. The van der Waals surface area contributed by atoms with Crippen molar-refractivity contribution in [2.45, 2.75) is 91.4 Å². The Morgan fingerprint density at radius 3 is 2.47 bits per heavy atom. The van der Waals surface area contributed by atoms with E-state index in [4.69, 9.17) is 4.74 Å². The Morgan fingerprint density at radius 2 is 1.70 bits per heavy atom. The van der Waals surface area contributed by atoms with E-state index in [1.165, 1.54) is 80.5 Å². The molecule has 1 heteroatoms. The average molecular weight is 407 g/mol. The molecule has 0 fully saturated rings. The number of unbranched alkanes of at least 4 members (excludes halogenated alkanes) is 5. The fourth-order valence-corrected chi connectivity index (χ4v) is 4.69. The zero-order chi connectivity index (χ0) is 21.2. The zero-order valence-corrected chi connectivity index (χ0v) is 19.6. The lowest BCUT2D eigenvalue weighted by molar-refractivity contribution is 0.305. The highest BCUT2D eigenvalue weighted by molar-refractivity contribution is 5.87. The Labute approximate surface area is 184 Å². The van der Waals surface area contributed by atoms with E-state index in [-0.39, 0.29) is 0 Å². The van der Waals surface area contributed by atoms with Gasteiger partial charge < -0.3 is 4.74 Å². The molecular weight excluding hydrogens is 364 g/mol. The van der Waals surface area contributed by atoms with Crippen LogP contribution in [0.4, 0.5) is 0 Å². The first kappa shape index (κ1) is 22.9. The summed E-state index contributed by atoms with van der Waals surface area (Å²) in [5.74, 6) is 2.76. The molecule has 30 heavy (non-hydrogen) atoms. The molecular formula is C29H42O. The van der Waals surface area contributed by atoms with Crippen molar-refractivity contribution in [3.8, 4) is 5.75 Å². The number of ether oxygens (including phenoxy) is 1. The van der Waals surface area contributed by atoms with Crippen LogP contribution in [0.2, 0.25) is 0 Å². The van der Waals surface area contributed by atoms with Crippen LogP contribution in [0.5, 0.6) is 5.75 Å². The molecule has 0 aromatic heterocycles. The molecule has 1 aliphatic rings. The van der Waals surface area contributed by atoms with Gasteiger partial charge in [-0.2, -0.15) is 0 Å². The lowest BCUT2D eigenvalue weighted by Gasteiger charge is -2.24.